The lowest BCUT2D eigenvalue weighted by Crippen LogP contribution is -1.98. The van der Waals surface area contributed by atoms with Crippen LogP contribution >= 0.6 is 0 Å². The Bertz CT molecular complexity index is 514. The molecule has 4 heteroatoms. The zero-order valence-electron chi connectivity index (χ0n) is 7.66. The highest BCUT2D eigenvalue weighted by Gasteiger charge is 2.10. The number of fused-ring (bicyclic) bond motifs is 1. The average molecular weight is 190 g/mol. The molecule has 0 atom stereocenters. The first-order valence-corrected chi connectivity index (χ1v) is 4.20. The molecule has 0 aliphatic heterocycles. The lowest BCUT2D eigenvalue weighted by Gasteiger charge is -1.99. The fraction of sp³-hybridized carbons (Fsp3) is 0.100. The minimum absolute atomic E-state index is 0.240. The van der Waals surface area contributed by atoms with Crippen LogP contribution < -0.4 is 5.73 Å². The van der Waals surface area contributed by atoms with Crippen molar-refractivity contribution in [2.45, 2.75) is 6.92 Å². The molecule has 0 fully saturated rings. The molecule has 1 heterocycles. The second-order valence-electron chi connectivity index (χ2n) is 3.29. The SMILES string of the molecule is Cc1cc2c(C(=O)O)cc(N)cc2[nH]1. The molecule has 72 valence electrons. The van der Waals surface area contributed by atoms with Crippen molar-refractivity contribution in [3.8, 4) is 0 Å². The van der Waals surface area contributed by atoms with Crippen LogP contribution in [0.3, 0.4) is 0 Å². The van der Waals surface area contributed by atoms with Gasteiger partial charge in [-0.3, -0.25) is 0 Å². The highest BCUT2D eigenvalue weighted by molar-refractivity contribution is 6.04. The average Bonchev–Trinajstić information content (AvgIpc) is 2.42. The van der Waals surface area contributed by atoms with Crippen molar-refractivity contribution in [3.63, 3.8) is 0 Å². The van der Waals surface area contributed by atoms with E-state index < -0.39 is 5.97 Å². The van der Waals surface area contributed by atoms with Crippen LogP contribution in [0.5, 0.6) is 0 Å². The van der Waals surface area contributed by atoms with Crippen LogP contribution in [-0.2, 0) is 0 Å². The van der Waals surface area contributed by atoms with E-state index in [4.69, 9.17) is 10.8 Å². The van der Waals surface area contributed by atoms with Crippen LogP contribution in [0.4, 0.5) is 5.69 Å². The Morgan fingerprint density at radius 2 is 2.14 bits per heavy atom. The van der Waals surface area contributed by atoms with Gasteiger partial charge in [-0.1, -0.05) is 0 Å². The van der Waals surface area contributed by atoms with E-state index in [2.05, 4.69) is 4.98 Å². The number of aryl methyl sites for hydroxylation is 1. The summed E-state index contributed by atoms with van der Waals surface area (Å²) < 4.78 is 0. The van der Waals surface area contributed by atoms with Gasteiger partial charge in [0, 0.05) is 22.3 Å². The first-order chi connectivity index (χ1) is 6.58. The summed E-state index contributed by atoms with van der Waals surface area (Å²) in [5.74, 6) is -0.957. The molecule has 4 N–H and O–H groups in total. The van der Waals surface area contributed by atoms with Gasteiger partial charge in [-0.2, -0.15) is 0 Å². The summed E-state index contributed by atoms with van der Waals surface area (Å²) in [6.07, 6.45) is 0. The Morgan fingerprint density at radius 3 is 2.79 bits per heavy atom. The molecule has 4 nitrogen and oxygen atoms in total. The number of nitrogens with two attached hydrogens (primary N) is 1. The molecule has 0 aliphatic rings. The van der Waals surface area contributed by atoms with Crippen molar-refractivity contribution < 1.29 is 9.90 Å². The molecule has 0 spiro atoms. The largest absolute Gasteiger partial charge is 0.478 e. The van der Waals surface area contributed by atoms with Gasteiger partial charge in [-0.25, -0.2) is 4.79 Å². The fourth-order valence-corrected chi connectivity index (χ4v) is 1.58. The van der Waals surface area contributed by atoms with Gasteiger partial charge >= 0.3 is 5.97 Å². The number of anilines is 1. The maximum atomic E-state index is 10.9. The predicted octanol–water partition coefficient (Wildman–Crippen LogP) is 1.76. The van der Waals surface area contributed by atoms with Crippen molar-refractivity contribution in [2.75, 3.05) is 5.73 Å². The van der Waals surface area contributed by atoms with E-state index in [1.807, 2.05) is 6.92 Å². The molecule has 0 saturated heterocycles. The number of carbonyl (C=O) groups is 1. The number of rotatable bonds is 1. The van der Waals surface area contributed by atoms with Crippen LogP contribution in [0.15, 0.2) is 18.2 Å². The van der Waals surface area contributed by atoms with E-state index in [0.717, 1.165) is 11.2 Å². The number of aromatic carboxylic acids is 1. The van der Waals surface area contributed by atoms with E-state index in [1.165, 1.54) is 6.07 Å². The molecule has 0 bridgehead atoms. The highest BCUT2D eigenvalue weighted by Crippen LogP contribution is 2.23. The van der Waals surface area contributed by atoms with E-state index in [0.29, 0.717) is 11.1 Å². The number of H-pyrrole nitrogens is 1. The van der Waals surface area contributed by atoms with Gasteiger partial charge in [-0.15, -0.1) is 0 Å². The Hall–Kier alpha value is -1.97. The van der Waals surface area contributed by atoms with Crippen molar-refractivity contribution in [1.82, 2.24) is 4.98 Å². The van der Waals surface area contributed by atoms with Crippen molar-refractivity contribution >= 4 is 22.6 Å². The van der Waals surface area contributed by atoms with E-state index >= 15 is 0 Å². The third-order valence-electron chi connectivity index (χ3n) is 2.13. The molecule has 0 radical (unpaired) electrons. The van der Waals surface area contributed by atoms with Crippen molar-refractivity contribution in [2.24, 2.45) is 0 Å². The number of nitrogen functional groups attached to an aromatic ring is 1. The molecule has 14 heavy (non-hydrogen) atoms. The smallest absolute Gasteiger partial charge is 0.336 e. The van der Waals surface area contributed by atoms with Crippen LogP contribution in [0, 0.1) is 6.92 Å². The van der Waals surface area contributed by atoms with Gasteiger partial charge in [0.1, 0.15) is 0 Å². The van der Waals surface area contributed by atoms with Crippen LogP contribution in [-0.4, -0.2) is 16.1 Å². The summed E-state index contributed by atoms with van der Waals surface area (Å²) in [6.45, 7) is 1.88. The maximum absolute atomic E-state index is 10.9. The lowest BCUT2D eigenvalue weighted by molar-refractivity contribution is 0.0699. The van der Waals surface area contributed by atoms with Crippen molar-refractivity contribution in [1.29, 1.82) is 0 Å². The molecule has 1 aromatic carbocycles. The molecular formula is C10H10N2O2. The van der Waals surface area contributed by atoms with Crippen LogP contribution in [0.1, 0.15) is 16.1 Å². The summed E-state index contributed by atoms with van der Waals surface area (Å²) >= 11 is 0. The predicted molar refractivity (Wildman–Crippen MR) is 54.4 cm³/mol. The standard InChI is InChI=1S/C10H10N2O2/c1-5-2-7-8(10(13)14)3-6(11)4-9(7)12-5/h2-4,12H,11H2,1H3,(H,13,14). The zero-order chi connectivity index (χ0) is 10.3. The Labute approximate surface area is 80.3 Å². The Balaban J connectivity index is 2.85. The topological polar surface area (TPSA) is 79.1 Å². The van der Waals surface area contributed by atoms with Crippen molar-refractivity contribution in [3.05, 3.63) is 29.5 Å². The molecule has 0 amide bonds. The van der Waals surface area contributed by atoms with E-state index in [1.54, 1.807) is 12.1 Å². The van der Waals surface area contributed by atoms with Gasteiger partial charge in [0.05, 0.1) is 5.56 Å². The van der Waals surface area contributed by atoms with E-state index in [9.17, 15) is 4.79 Å². The quantitative estimate of drug-likeness (QED) is 0.599. The normalized spacial score (nSPS) is 10.6. The molecular weight excluding hydrogens is 180 g/mol. The minimum Gasteiger partial charge on any atom is -0.478 e. The van der Waals surface area contributed by atoms with Gasteiger partial charge in [-0.05, 0) is 25.1 Å². The number of aromatic amines is 1. The number of carboxylic acids is 1. The van der Waals surface area contributed by atoms with Crippen LogP contribution in [0.25, 0.3) is 10.9 Å². The number of hydrogen-bond donors (Lipinski definition) is 3. The lowest BCUT2D eigenvalue weighted by atomic mass is 10.1. The minimum atomic E-state index is -0.957. The molecule has 0 saturated carbocycles. The molecule has 2 aromatic rings. The van der Waals surface area contributed by atoms with Crippen LogP contribution in [0.2, 0.25) is 0 Å². The second kappa shape index (κ2) is 2.77. The zero-order valence-corrected chi connectivity index (χ0v) is 7.66. The van der Waals surface area contributed by atoms with Gasteiger partial charge in [0.2, 0.25) is 0 Å². The second-order valence-corrected chi connectivity index (χ2v) is 3.29. The van der Waals surface area contributed by atoms with E-state index in [-0.39, 0.29) is 5.56 Å². The van der Waals surface area contributed by atoms with Gasteiger partial charge in [0.25, 0.3) is 0 Å². The fourth-order valence-electron chi connectivity index (χ4n) is 1.58. The van der Waals surface area contributed by atoms with Gasteiger partial charge in [0.15, 0.2) is 0 Å². The molecule has 0 unspecified atom stereocenters. The number of nitrogens with one attached hydrogen (secondary N) is 1. The number of hydrogen-bond acceptors (Lipinski definition) is 2. The number of carboxylic acid groups (broad SMARTS) is 1. The first kappa shape index (κ1) is 8.62. The summed E-state index contributed by atoms with van der Waals surface area (Å²) in [4.78, 5) is 14.0. The Morgan fingerprint density at radius 1 is 1.43 bits per heavy atom. The summed E-state index contributed by atoms with van der Waals surface area (Å²) in [5, 5.41) is 9.65. The number of benzene rings is 1. The summed E-state index contributed by atoms with van der Waals surface area (Å²) in [5.41, 5.74) is 7.97. The van der Waals surface area contributed by atoms with Gasteiger partial charge < -0.3 is 15.8 Å². The first-order valence-electron chi connectivity index (χ1n) is 4.20. The molecule has 1 aromatic heterocycles. The molecule has 2 rings (SSSR count). The summed E-state index contributed by atoms with van der Waals surface area (Å²) in [6, 6.07) is 5.00. The Kier molecular flexibility index (Phi) is 1.70. The number of aromatic nitrogens is 1. The monoisotopic (exact) mass is 190 g/mol. The maximum Gasteiger partial charge on any atom is 0.336 e. The third-order valence-corrected chi connectivity index (χ3v) is 2.13. The third kappa shape index (κ3) is 1.21. The summed E-state index contributed by atoms with van der Waals surface area (Å²) in [7, 11) is 0. The highest BCUT2D eigenvalue weighted by atomic mass is 16.4. The molecule has 0 aliphatic carbocycles.